The quantitative estimate of drug-likeness (QED) is 0.710. The maximum Gasteiger partial charge on any atom is 0.0661 e. The van der Waals surface area contributed by atoms with Gasteiger partial charge in [0.2, 0.25) is 0 Å². The predicted molar refractivity (Wildman–Crippen MR) is 108 cm³/mol. The Kier molecular flexibility index (Phi) is 5.96. The fraction of sp³-hybridized carbons (Fsp3) is 0.875. The molecule has 0 radical (unpaired) electrons. The van der Waals surface area contributed by atoms with Gasteiger partial charge in [-0.15, -0.1) is 12.8 Å². The Balaban J connectivity index is 0.00000102. The maximum atomic E-state index is 11.3. The Morgan fingerprint density at radius 2 is 1.74 bits per heavy atom. The lowest BCUT2D eigenvalue weighted by Crippen LogP contribution is -2.59. The van der Waals surface area contributed by atoms with Crippen LogP contribution in [0.15, 0.2) is 0 Å². The van der Waals surface area contributed by atoms with Gasteiger partial charge in [0.1, 0.15) is 0 Å². The maximum absolute atomic E-state index is 11.3. The van der Waals surface area contributed by atoms with Gasteiger partial charge in [0.05, 0.1) is 24.2 Å². The molecule has 0 aliphatic heterocycles. The second kappa shape index (κ2) is 7.77. The van der Waals surface area contributed by atoms with Crippen LogP contribution in [0, 0.1) is 64.6 Å². The van der Waals surface area contributed by atoms with Crippen LogP contribution in [0.3, 0.4) is 0 Å². The number of hydrogen-bond acceptors (Lipinski definition) is 3. The molecule has 4 aliphatic rings. The highest BCUT2D eigenvalue weighted by molar-refractivity contribution is 5.14. The van der Waals surface area contributed by atoms with Crippen LogP contribution in [0.4, 0.5) is 0 Å². The standard InChI is InChI=1S/C22H35NO2.C2H2/c1-4-25-16-8-5-14-6-9-17-18-10-7-15(13-23)21(18,2)12-19(24)20(17)22(14,3)11-16;1-2/h14-20,24H,4-12H2,1-3H3;1-2H. The number of hydrogen-bond donors (Lipinski definition) is 1. The van der Waals surface area contributed by atoms with E-state index in [9.17, 15) is 10.4 Å². The third-order valence-corrected chi connectivity index (χ3v) is 9.06. The summed E-state index contributed by atoms with van der Waals surface area (Å²) in [7, 11) is 0. The van der Waals surface area contributed by atoms with Crippen LogP contribution in [0.5, 0.6) is 0 Å². The van der Waals surface area contributed by atoms with Crippen molar-refractivity contribution in [1.82, 2.24) is 0 Å². The van der Waals surface area contributed by atoms with Crippen LogP contribution in [0.2, 0.25) is 0 Å². The lowest BCUT2D eigenvalue weighted by atomic mass is 9.44. The molecule has 150 valence electrons. The Morgan fingerprint density at radius 1 is 1.04 bits per heavy atom. The molecule has 0 aromatic heterocycles. The summed E-state index contributed by atoms with van der Waals surface area (Å²) < 4.78 is 6.03. The zero-order valence-corrected chi connectivity index (χ0v) is 17.4. The van der Waals surface area contributed by atoms with Crippen LogP contribution in [0.25, 0.3) is 0 Å². The van der Waals surface area contributed by atoms with Gasteiger partial charge in [-0.1, -0.05) is 13.8 Å². The Hall–Kier alpha value is -1.03. The van der Waals surface area contributed by atoms with Crippen molar-refractivity contribution in [2.24, 2.45) is 40.4 Å². The van der Waals surface area contributed by atoms with Crippen molar-refractivity contribution in [1.29, 1.82) is 5.26 Å². The van der Waals surface area contributed by atoms with Crippen molar-refractivity contribution < 1.29 is 9.84 Å². The second-order valence-corrected chi connectivity index (χ2v) is 9.97. The van der Waals surface area contributed by atoms with Gasteiger partial charge in [-0.2, -0.15) is 5.26 Å². The van der Waals surface area contributed by atoms with E-state index in [0.717, 1.165) is 31.8 Å². The summed E-state index contributed by atoms with van der Waals surface area (Å²) in [5.41, 5.74) is 0.249. The van der Waals surface area contributed by atoms with E-state index >= 15 is 0 Å². The molecule has 9 atom stereocenters. The van der Waals surface area contributed by atoms with E-state index in [-0.39, 0.29) is 22.9 Å². The van der Waals surface area contributed by atoms with Crippen molar-refractivity contribution in [2.75, 3.05) is 6.61 Å². The summed E-state index contributed by atoms with van der Waals surface area (Å²) in [6.45, 7) is 7.66. The Bertz CT molecular complexity index is 595. The molecule has 0 heterocycles. The highest BCUT2D eigenvalue weighted by Crippen LogP contribution is 2.67. The minimum atomic E-state index is -0.242. The number of nitrogens with zero attached hydrogens (tertiary/aromatic N) is 1. The van der Waals surface area contributed by atoms with Crippen molar-refractivity contribution >= 4 is 0 Å². The zero-order chi connectivity index (χ0) is 19.8. The topological polar surface area (TPSA) is 53.2 Å². The summed E-state index contributed by atoms with van der Waals surface area (Å²) >= 11 is 0. The molecule has 0 amide bonds. The Morgan fingerprint density at radius 3 is 2.41 bits per heavy atom. The molecule has 4 saturated carbocycles. The zero-order valence-electron chi connectivity index (χ0n) is 17.4. The molecule has 0 bridgehead atoms. The molecule has 0 aromatic carbocycles. The van der Waals surface area contributed by atoms with Gasteiger partial charge in [0.15, 0.2) is 0 Å². The van der Waals surface area contributed by atoms with Gasteiger partial charge in [-0.3, -0.25) is 0 Å². The predicted octanol–water partition coefficient (Wildman–Crippen LogP) is 4.79. The number of nitriles is 1. The highest BCUT2D eigenvalue weighted by atomic mass is 16.5. The molecule has 0 aromatic rings. The van der Waals surface area contributed by atoms with Crippen molar-refractivity contribution in [3.63, 3.8) is 0 Å². The number of terminal acetylenes is 1. The van der Waals surface area contributed by atoms with Crippen molar-refractivity contribution in [3.8, 4) is 18.9 Å². The van der Waals surface area contributed by atoms with Gasteiger partial charge in [0.25, 0.3) is 0 Å². The van der Waals surface area contributed by atoms with Gasteiger partial charge in [-0.25, -0.2) is 0 Å². The van der Waals surface area contributed by atoms with Gasteiger partial charge in [0, 0.05) is 6.61 Å². The smallest absolute Gasteiger partial charge is 0.0661 e. The molecule has 9 unspecified atom stereocenters. The molecule has 4 fully saturated rings. The summed E-state index contributed by atoms with van der Waals surface area (Å²) in [5.74, 6) is 2.54. The summed E-state index contributed by atoms with van der Waals surface area (Å²) in [4.78, 5) is 0. The lowest BCUT2D eigenvalue weighted by Gasteiger charge is -2.62. The van der Waals surface area contributed by atoms with Crippen molar-refractivity contribution in [3.05, 3.63) is 0 Å². The number of rotatable bonds is 2. The third-order valence-electron chi connectivity index (χ3n) is 9.06. The van der Waals surface area contributed by atoms with Crippen molar-refractivity contribution in [2.45, 2.75) is 84.3 Å². The first kappa shape index (κ1) is 20.7. The SMILES string of the molecule is C#C.CCOC1CCC2CCC3C4CCC(C#N)C4(C)CC(O)C3C2(C)C1. The van der Waals surface area contributed by atoms with Crippen LogP contribution in [0.1, 0.15) is 72.1 Å². The van der Waals surface area contributed by atoms with Gasteiger partial charge in [-0.05, 0) is 92.8 Å². The molecular formula is C24H37NO2. The molecular weight excluding hydrogens is 334 g/mol. The minimum absolute atomic E-state index is 0.0342. The normalized spacial score (nSPS) is 50.9. The van der Waals surface area contributed by atoms with E-state index in [0.29, 0.717) is 23.9 Å². The molecule has 3 nitrogen and oxygen atoms in total. The largest absolute Gasteiger partial charge is 0.393 e. The third kappa shape index (κ3) is 3.12. The minimum Gasteiger partial charge on any atom is -0.393 e. The lowest BCUT2D eigenvalue weighted by molar-refractivity contribution is -0.181. The first-order valence-corrected chi connectivity index (χ1v) is 11.0. The number of ether oxygens (including phenoxy) is 1. The van der Waals surface area contributed by atoms with E-state index in [2.05, 4.69) is 39.7 Å². The Labute approximate surface area is 165 Å². The van der Waals surface area contributed by atoms with E-state index in [4.69, 9.17) is 4.74 Å². The average molecular weight is 372 g/mol. The summed E-state index contributed by atoms with van der Waals surface area (Å²) in [6, 6.07) is 2.58. The van der Waals surface area contributed by atoms with E-state index < -0.39 is 0 Å². The number of aliphatic hydroxyl groups excluding tert-OH is 1. The number of aliphatic hydroxyl groups is 1. The highest BCUT2D eigenvalue weighted by Gasteiger charge is 2.63. The fourth-order valence-corrected chi connectivity index (χ4v) is 8.03. The van der Waals surface area contributed by atoms with Crippen LogP contribution in [-0.4, -0.2) is 23.9 Å². The second-order valence-electron chi connectivity index (χ2n) is 9.97. The molecule has 4 aliphatic carbocycles. The monoisotopic (exact) mass is 371 g/mol. The molecule has 27 heavy (non-hydrogen) atoms. The van der Waals surface area contributed by atoms with Gasteiger partial charge >= 0.3 is 0 Å². The van der Waals surface area contributed by atoms with E-state index in [1.54, 1.807) is 0 Å². The average Bonchev–Trinajstić information content (AvgIpc) is 2.98. The summed E-state index contributed by atoms with van der Waals surface area (Å²) in [5, 5.41) is 20.9. The number of fused-ring (bicyclic) bond motifs is 5. The first-order chi connectivity index (χ1) is 12.9. The van der Waals surface area contributed by atoms with Crippen LogP contribution in [-0.2, 0) is 4.74 Å². The van der Waals surface area contributed by atoms with Crippen LogP contribution < -0.4 is 0 Å². The van der Waals surface area contributed by atoms with E-state index in [1.165, 1.54) is 32.1 Å². The first-order valence-electron chi connectivity index (χ1n) is 11.0. The van der Waals surface area contributed by atoms with Gasteiger partial charge < -0.3 is 9.84 Å². The summed E-state index contributed by atoms with van der Waals surface area (Å²) in [6.07, 6.45) is 17.3. The molecule has 0 saturated heterocycles. The molecule has 4 rings (SSSR count). The fourth-order valence-electron chi connectivity index (χ4n) is 8.03. The van der Waals surface area contributed by atoms with E-state index in [1.807, 2.05) is 0 Å². The van der Waals surface area contributed by atoms with Crippen LogP contribution >= 0.6 is 0 Å². The molecule has 3 heteroatoms. The molecule has 1 N–H and O–H groups in total. The molecule has 0 spiro atoms.